The highest BCUT2D eigenvalue weighted by Crippen LogP contribution is 2.40. The molecule has 0 fully saturated rings. The third kappa shape index (κ3) is 1.73. The van der Waals surface area contributed by atoms with Crippen LogP contribution in [-0.4, -0.2) is 26.7 Å². The Morgan fingerprint density at radius 1 is 1.18 bits per heavy atom. The summed E-state index contributed by atoms with van der Waals surface area (Å²) in [6, 6.07) is 3.61. The Morgan fingerprint density at radius 3 is 2.35 bits per heavy atom. The van der Waals surface area contributed by atoms with Crippen LogP contribution in [0.3, 0.4) is 0 Å². The van der Waals surface area contributed by atoms with Gasteiger partial charge in [0.2, 0.25) is 0 Å². The molecule has 1 amide bonds. The SMILES string of the molecule is COc1ccc(OC)c2c1C(=O)NCC2(C)C. The van der Waals surface area contributed by atoms with Crippen molar-refractivity contribution in [1.29, 1.82) is 0 Å². The van der Waals surface area contributed by atoms with Crippen molar-refractivity contribution in [3.63, 3.8) is 0 Å². The first kappa shape index (κ1) is 11.8. The highest BCUT2D eigenvalue weighted by atomic mass is 16.5. The zero-order valence-electron chi connectivity index (χ0n) is 10.6. The molecule has 0 radical (unpaired) electrons. The Kier molecular flexibility index (Phi) is 2.73. The van der Waals surface area contributed by atoms with Crippen molar-refractivity contribution in [2.45, 2.75) is 19.3 Å². The molecule has 0 aromatic heterocycles. The van der Waals surface area contributed by atoms with Gasteiger partial charge in [0.05, 0.1) is 19.8 Å². The smallest absolute Gasteiger partial charge is 0.255 e. The predicted molar refractivity (Wildman–Crippen MR) is 64.9 cm³/mol. The first-order valence-corrected chi connectivity index (χ1v) is 5.55. The van der Waals surface area contributed by atoms with Crippen LogP contribution in [0.2, 0.25) is 0 Å². The molecular formula is C13H17NO3. The van der Waals surface area contributed by atoms with Crippen LogP contribution in [0.5, 0.6) is 11.5 Å². The molecule has 17 heavy (non-hydrogen) atoms. The van der Waals surface area contributed by atoms with Crippen LogP contribution >= 0.6 is 0 Å². The number of carbonyl (C=O) groups is 1. The predicted octanol–water partition coefficient (Wildman–Crippen LogP) is 1.72. The second kappa shape index (κ2) is 3.95. The quantitative estimate of drug-likeness (QED) is 0.849. The van der Waals surface area contributed by atoms with Gasteiger partial charge in [-0.25, -0.2) is 0 Å². The molecule has 4 heteroatoms. The normalized spacial score (nSPS) is 17.1. The lowest BCUT2D eigenvalue weighted by Gasteiger charge is -2.34. The molecule has 4 nitrogen and oxygen atoms in total. The first-order valence-electron chi connectivity index (χ1n) is 5.55. The van der Waals surface area contributed by atoms with Crippen LogP contribution in [0.1, 0.15) is 29.8 Å². The van der Waals surface area contributed by atoms with Crippen LogP contribution in [0, 0.1) is 0 Å². The molecule has 0 atom stereocenters. The summed E-state index contributed by atoms with van der Waals surface area (Å²) in [6.45, 7) is 4.75. The lowest BCUT2D eigenvalue weighted by Crippen LogP contribution is -2.43. The maximum absolute atomic E-state index is 12.0. The number of amides is 1. The third-order valence-corrected chi connectivity index (χ3v) is 3.16. The Bertz CT molecular complexity index is 466. The van der Waals surface area contributed by atoms with E-state index in [0.29, 0.717) is 17.9 Å². The summed E-state index contributed by atoms with van der Waals surface area (Å²) in [6.07, 6.45) is 0. The van der Waals surface area contributed by atoms with Crippen LogP contribution in [0.15, 0.2) is 12.1 Å². The van der Waals surface area contributed by atoms with Gasteiger partial charge in [0.15, 0.2) is 0 Å². The fourth-order valence-electron chi connectivity index (χ4n) is 2.28. The summed E-state index contributed by atoms with van der Waals surface area (Å²) in [5.74, 6) is 1.22. The van der Waals surface area contributed by atoms with Crippen LogP contribution in [0.25, 0.3) is 0 Å². The summed E-state index contributed by atoms with van der Waals surface area (Å²) < 4.78 is 10.6. The van der Waals surface area contributed by atoms with Gasteiger partial charge < -0.3 is 14.8 Å². The second-order valence-electron chi connectivity index (χ2n) is 4.79. The van der Waals surface area contributed by atoms with E-state index in [1.807, 2.05) is 6.07 Å². The number of rotatable bonds is 2. The van der Waals surface area contributed by atoms with E-state index >= 15 is 0 Å². The maximum atomic E-state index is 12.0. The second-order valence-corrected chi connectivity index (χ2v) is 4.79. The van der Waals surface area contributed by atoms with Crippen molar-refractivity contribution in [3.05, 3.63) is 23.3 Å². The number of fused-ring (bicyclic) bond motifs is 1. The molecule has 0 saturated carbocycles. The summed E-state index contributed by atoms with van der Waals surface area (Å²) >= 11 is 0. The highest BCUT2D eigenvalue weighted by molar-refractivity contribution is 6.01. The lowest BCUT2D eigenvalue weighted by atomic mass is 9.78. The first-order chi connectivity index (χ1) is 8.01. The average Bonchev–Trinajstić information content (AvgIpc) is 2.32. The topological polar surface area (TPSA) is 47.6 Å². The minimum absolute atomic E-state index is 0.102. The molecule has 1 heterocycles. The van der Waals surface area contributed by atoms with E-state index in [0.717, 1.165) is 11.3 Å². The van der Waals surface area contributed by atoms with E-state index in [2.05, 4.69) is 19.2 Å². The molecule has 1 aliphatic rings. The fraction of sp³-hybridized carbons (Fsp3) is 0.462. The molecule has 1 aromatic carbocycles. The number of methoxy groups -OCH3 is 2. The number of hydrogen-bond donors (Lipinski definition) is 1. The molecular weight excluding hydrogens is 218 g/mol. The number of carbonyl (C=O) groups excluding carboxylic acids is 1. The van der Waals surface area contributed by atoms with Crippen molar-refractivity contribution in [3.8, 4) is 11.5 Å². The standard InChI is InChI=1S/C13H17NO3/c1-13(2)7-14-12(15)10-8(16-3)5-6-9(17-4)11(10)13/h5-6H,7H2,1-4H3,(H,14,15). The molecule has 1 N–H and O–H groups in total. The minimum Gasteiger partial charge on any atom is -0.496 e. The van der Waals surface area contributed by atoms with Gasteiger partial charge in [-0.05, 0) is 12.1 Å². The van der Waals surface area contributed by atoms with E-state index in [4.69, 9.17) is 9.47 Å². The van der Waals surface area contributed by atoms with Crippen molar-refractivity contribution in [2.24, 2.45) is 0 Å². The molecule has 0 unspecified atom stereocenters. The average molecular weight is 235 g/mol. The Balaban J connectivity index is 2.75. The molecule has 0 saturated heterocycles. The largest absolute Gasteiger partial charge is 0.496 e. The Morgan fingerprint density at radius 2 is 1.76 bits per heavy atom. The van der Waals surface area contributed by atoms with Crippen molar-refractivity contribution in [1.82, 2.24) is 5.32 Å². The van der Waals surface area contributed by atoms with Crippen molar-refractivity contribution >= 4 is 5.91 Å². The Labute approximate surface area is 101 Å². The highest BCUT2D eigenvalue weighted by Gasteiger charge is 2.36. The van der Waals surface area contributed by atoms with E-state index in [1.165, 1.54) is 0 Å². The van der Waals surface area contributed by atoms with Crippen molar-refractivity contribution in [2.75, 3.05) is 20.8 Å². The van der Waals surface area contributed by atoms with Gasteiger partial charge in [-0.2, -0.15) is 0 Å². The molecule has 1 aliphatic heterocycles. The molecule has 2 rings (SSSR count). The number of hydrogen-bond acceptors (Lipinski definition) is 3. The van der Waals surface area contributed by atoms with Gasteiger partial charge in [-0.1, -0.05) is 13.8 Å². The van der Waals surface area contributed by atoms with Gasteiger partial charge in [0.25, 0.3) is 5.91 Å². The summed E-state index contributed by atoms with van der Waals surface area (Å²) in [5, 5.41) is 2.88. The Hall–Kier alpha value is -1.71. The minimum atomic E-state index is -0.164. The zero-order chi connectivity index (χ0) is 12.6. The molecule has 0 bridgehead atoms. The molecule has 1 aromatic rings. The van der Waals surface area contributed by atoms with Crippen LogP contribution in [0.4, 0.5) is 0 Å². The summed E-state index contributed by atoms with van der Waals surface area (Å²) in [5.41, 5.74) is 1.34. The van der Waals surface area contributed by atoms with Crippen molar-refractivity contribution < 1.29 is 14.3 Å². The molecule has 0 aliphatic carbocycles. The summed E-state index contributed by atoms with van der Waals surface area (Å²) in [7, 11) is 3.18. The maximum Gasteiger partial charge on any atom is 0.255 e. The molecule has 92 valence electrons. The van der Waals surface area contributed by atoms with Gasteiger partial charge in [0, 0.05) is 17.5 Å². The van der Waals surface area contributed by atoms with Crippen LogP contribution < -0.4 is 14.8 Å². The van der Waals surface area contributed by atoms with Gasteiger partial charge >= 0.3 is 0 Å². The van der Waals surface area contributed by atoms with E-state index < -0.39 is 0 Å². The summed E-state index contributed by atoms with van der Waals surface area (Å²) in [4.78, 5) is 12.0. The van der Waals surface area contributed by atoms with Crippen LogP contribution in [-0.2, 0) is 5.41 Å². The number of ether oxygens (including phenoxy) is 2. The van der Waals surface area contributed by atoms with Gasteiger partial charge in [-0.15, -0.1) is 0 Å². The third-order valence-electron chi connectivity index (χ3n) is 3.16. The van der Waals surface area contributed by atoms with E-state index in [-0.39, 0.29) is 11.3 Å². The number of nitrogens with one attached hydrogen (secondary N) is 1. The zero-order valence-corrected chi connectivity index (χ0v) is 10.6. The monoisotopic (exact) mass is 235 g/mol. The van der Waals surface area contributed by atoms with E-state index in [9.17, 15) is 4.79 Å². The molecule has 0 spiro atoms. The van der Waals surface area contributed by atoms with Gasteiger partial charge in [0.1, 0.15) is 11.5 Å². The number of benzene rings is 1. The lowest BCUT2D eigenvalue weighted by molar-refractivity contribution is 0.0924. The van der Waals surface area contributed by atoms with Gasteiger partial charge in [-0.3, -0.25) is 4.79 Å². The van der Waals surface area contributed by atoms with E-state index in [1.54, 1.807) is 20.3 Å². The fourth-order valence-corrected chi connectivity index (χ4v) is 2.28.